The number of nitrogens with one attached hydrogen (secondary N) is 3. The largest absolute Gasteiger partial charge is 0.352 e. The van der Waals surface area contributed by atoms with Crippen molar-refractivity contribution >= 4 is 47.2 Å². The van der Waals surface area contributed by atoms with Crippen LogP contribution in [0.4, 0.5) is 0 Å². The number of carbonyl (C=O) groups excluding carboxylic acids is 1. The van der Waals surface area contributed by atoms with Gasteiger partial charge < -0.3 is 16.0 Å². The molecule has 0 aliphatic heterocycles. The SMILES string of the molecule is CCCCNC(=O)c1ccc(CNC(=NC)NCc2ncc(CC)s2)cc1.I. The molecule has 0 fully saturated rings. The molecule has 1 aromatic heterocycles. The first-order valence-electron chi connectivity index (χ1n) is 9.41. The Morgan fingerprint density at radius 1 is 1.11 bits per heavy atom. The number of halogens is 1. The average molecular weight is 515 g/mol. The molecule has 0 saturated heterocycles. The van der Waals surface area contributed by atoms with Gasteiger partial charge >= 0.3 is 0 Å². The first-order chi connectivity index (χ1) is 13.2. The van der Waals surface area contributed by atoms with Crippen molar-refractivity contribution in [1.29, 1.82) is 0 Å². The van der Waals surface area contributed by atoms with Gasteiger partial charge in [-0.15, -0.1) is 35.3 Å². The van der Waals surface area contributed by atoms with Crippen LogP contribution in [0, 0.1) is 0 Å². The number of aryl methyl sites for hydroxylation is 1. The summed E-state index contributed by atoms with van der Waals surface area (Å²) in [4.78, 5) is 22.0. The molecule has 8 heteroatoms. The van der Waals surface area contributed by atoms with Crippen LogP contribution < -0.4 is 16.0 Å². The predicted octanol–water partition coefficient (Wildman–Crippen LogP) is 3.72. The van der Waals surface area contributed by atoms with Gasteiger partial charge in [0.1, 0.15) is 5.01 Å². The summed E-state index contributed by atoms with van der Waals surface area (Å²) < 4.78 is 0. The molecule has 1 heterocycles. The maximum Gasteiger partial charge on any atom is 0.251 e. The van der Waals surface area contributed by atoms with E-state index in [1.807, 2.05) is 30.5 Å². The third-order valence-electron chi connectivity index (χ3n) is 4.07. The minimum atomic E-state index is -0.0182. The minimum absolute atomic E-state index is 0. The van der Waals surface area contributed by atoms with E-state index >= 15 is 0 Å². The van der Waals surface area contributed by atoms with Gasteiger partial charge in [-0.25, -0.2) is 4.98 Å². The van der Waals surface area contributed by atoms with Crippen molar-refractivity contribution in [3.63, 3.8) is 0 Å². The highest BCUT2D eigenvalue weighted by Crippen LogP contribution is 2.12. The molecule has 0 unspecified atom stereocenters. The minimum Gasteiger partial charge on any atom is -0.352 e. The number of aromatic nitrogens is 1. The van der Waals surface area contributed by atoms with E-state index in [9.17, 15) is 4.79 Å². The summed E-state index contributed by atoms with van der Waals surface area (Å²) in [5, 5.41) is 10.5. The molecular weight excluding hydrogens is 485 g/mol. The Kier molecular flexibility index (Phi) is 11.7. The second-order valence-corrected chi connectivity index (χ2v) is 7.36. The molecule has 154 valence electrons. The Morgan fingerprint density at radius 2 is 1.82 bits per heavy atom. The van der Waals surface area contributed by atoms with E-state index in [2.05, 4.69) is 39.8 Å². The highest BCUT2D eigenvalue weighted by Gasteiger charge is 2.06. The fourth-order valence-electron chi connectivity index (χ4n) is 2.41. The Morgan fingerprint density at radius 3 is 2.43 bits per heavy atom. The van der Waals surface area contributed by atoms with E-state index in [1.165, 1.54) is 4.88 Å². The van der Waals surface area contributed by atoms with Crippen LogP contribution in [0.5, 0.6) is 0 Å². The lowest BCUT2D eigenvalue weighted by Gasteiger charge is -2.11. The van der Waals surface area contributed by atoms with Crippen LogP contribution in [0.1, 0.15) is 52.5 Å². The zero-order valence-corrected chi connectivity index (χ0v) is 19.9. The monoisotopic (exact) mass is 515 g/mol. The lowest BCUT2D eigenvalue weighted by molar-refractivity contribution is 0.0953. The van der Waals surface area contributed by atoms with Gasteiger partial charge in [0.2, 0.25) is 0 Å². The molecular formula is C20H30IN5OS. The summed E-state index contributed by atoms with van der Waals surface area (Å²) in [6, 6.07) is 7.64. The van der Waals surface area contributed by atoms with Gasteiger partial charge in [0.05, 0.1) is 6.54 Å². The fourth-order valence-corrected chi connectivity index (χ4v) is 3.22. The molecule has 0 radical (unpaired) electrons. The van der Waals surface area contributed by atoms with Crippen LogP contribution >= 0.6 is 35.3 Å². The maximum absolute atomic E-state index is 12.0. The van der Waals surface area contributed by atoms with Gasteiger partial charge in [-0.3, -0.25) is 9.79 Å². The normalized spacial score (nSPS) is 10.9. The van der Waals surface area contributed by atoms with Crippen molar-refractivity contribution in [2.45, 2.75) is 46.2 Å². The molecule has 6 nitrogen and oxygen atoms in total. The molecule has 28 heavy (non-hydrogen) atoms. The van der Waals surface area contributed by atoms with Crippen molar-refractivity contribution in [3.05, 3.63) is 51.5 Å². The first-order valence-corrected chi connectivity index (χ1v) is 10.2. The molecule has 0 atom stereocenters. The highest BCUT2D eigenvalue weighted by molar-refractivity contribution is 14.0. The third-order valence-corrected chi connectivity index (χ3v) is 5.21. The number of unbranched alkanes of at least 4 members (excludes halogenated alkanes) is 1. The molecule has 1 amide bonds. The first kappa shape index (κ1) is 24.4. The van der Waals surface area contributed by atoms with E-state index < -0.39 is 0 Å². The molecule has 3 N–H and O–H groups in total. The van der Waals surface area contributed by atoms with Gasteiger partial charge in [-0.1, -0.05) is 32.4 Å². The Balaban J connectivity index is 0.00000392. The topological polar surface area (TPSA) is 78.4 Å². The van der Waals surface area contributed by atoms with Crippen LogP contribution in [-0.4, -0.2) is 30.4 Å². The molecule has 1 aromatic carbocycles. The highest BCUT2D eigenvalue weighted by atomic mass is 127. The number of aliphatic imine (C=N–C) groups is 1. The number of hydrogen-bond donors (Lipinski definition) is 3. The van der Waals surface area contributed by atoms with Crippen molar-refractivity contribution in [2.75, 3.05) is 13.6 Å². The molecule has 0 aliphatic rings. The number of amides is 1. The van der Waals surface area contributed by atoms with Gasteiger partial charge in [-0.2, -0.15) is 0 Å². The summed E-state index contributed by atoms with van der Waals surface area (Å²) >= 11 is 1.72. The number of hydrogen-bond acceptors (Lipinski definition) is 4. The number of benzene rings is 1. The van der Waals surface area contributed by atoms with E-state index in [4.69, 9.17) is 0 Å². The lowest BCUT2D eigenvalue weighted by atomic mass is 10.1. The number of thiazole rings is 1. The molecule has 2 aromatic rings. The van der Waals surface area contributed by atoms with Crippen LogP contribution in [0.2, 0.25) is 0 Å². The van der Waals surface area contributed by atoms with Gasteiger partial charge in [0.15, 0.2) is 5.96 Å². The van der Waals surface area contributed by atoms with Gasteiger partial charge in [-0.05, 0) is 30.5 Å². The van der Waals surface area contributed by atoms with Crippen LogP contribution in [0.25, 0.3) is 0 Å². The maximum atomic E-state index is 12.0. The third kappa shape index (κ3) is 8.14. The summed E-state index contributed by atoms with van der Waals surface area (Å²) in [5.74, 6) is 0.708. The Bertz CT molecular complexity index is 745. The fraction of sp³-hybridized carbons (Fsp3) is 0.450. The quantitative estimate of drug-likeness (QED) is 0.206. The van der Waals surface area contributed by atoms with Crippen molar-refractivity contribution in [1.82, 2.24) is 20.9 Å². The standard InChI is InChI=1S/C20H29N5OS.HI/c1-4-6-11-22-19(26)16-9-7-15(8-10-16)12-24-20(21-3)25-14-18-23-13-17(5-2)27-18;/h7-10,13H,4-6,11-12,14H2,1-3H3,(H,22,26)(H2,21,24,25);1H. The zero-order valence-electron chi connectivity index (χ0n) is 16.7. The summed E-state index contributed by atoms with van der Waals surface area (Å²) in [6.45, 7) is 6.25. The van der Waals surface area contributed by atoms with Crippen molar-refractivity contribution in [2.24, 2.45) is 4.99 Å². The molecule has 2 rings (SSSR count). The van der Waals surface area contributed by atoms with Crippen molar-refractivity contribution in [3.8, 4) is 0 Å². The van der Waals surface area contributed by atoms with Crippen LogP contribution in [-0.2, 0) is 19.5 Å². The second kappa shape index (κ2) is 13.5. The van der Waals surface area contributed by atoms with Gasteiger partial charge in [0.25, 0.3) is 5.91 Å². The Labute approximate surface area is 188 Å². The van der Waals surface area contributed by atoms with Crippen LogP contribution in [0.3, 0.4) is 0 Å². The predicted molar refractivity (Wildman–Crippen MR) is 128 cm³/mol. The number of guanidine groups is 1. The Hall–Kier alpha value is -1.68. The number of nitrogens with zero attached hydrogens (tertiary/aromatic N) is 2. The summed E-state index contributed by atoms with van der Waals surface area (Å²) in [5.41, 5.74) is 1.78. The van der Waals surface area contributed by atoms with E-state index in [-0.39, 0.29) is 29.9 Å². The molecule has 0 bridgehead atoms. The van der Waals surface area contributed by atoms with E-state index in [0.717, 1.165) is 42.3 Å². The lowest BCUT2D eigenvalue weighted by Crippen LogP contribution is -2.36. The summed E-state index contributed by atoms with van der Waals surface area (Å²) in [6.07, 6.45) is 5.01. The average Bonchev–Trinajstić information content (AvgIpc) is 3.17. The molecule has 0 aliphatic carbocycles. The van der Waals surface area contributed by atoms with E-state index in [0.29, 0.717) is 18.7 Å². The number of carbonyl (C=O) groups is 1. The zero-order chi connectivity index (χ0) is 19.5. The molecule has 0 spiro atoms. The van der Waals surface area contributed by atoms with E-state index in [1.54, 1.807) is 18.4 Å². The smallest absolute Gasteiger partial charge is 0.251 e. The van der Waals surface area contributed by atoms with Crippen LogP contribution in [0.15, 0.2) is 35.5 Å². The second-order valence-electron chi connectivity index (χ2n) is 6.16. The summed E-state index contributed by atoms with van der Waals surface area (Å²) in [7, 11) is 1.75. The molecule has 0 saturated carbocycles. The van der Waals surface area contributed by atoms with Gasteiger partial charge in [0, 0.05) is 36.8 Å². The van der Waals surface area contributed by atoms with Crippen molar-refractivity contribution < 1.29 is 4.79 Å². The number of rotatable bonds is 9.